The van der Waals surface area contributed by atoms with Gasteiger partial charge in [0.25, 0.3) is 5.91 Å². The molecule has 0 aliphatic carbocycles. The van der Waals surface area contributed by atoms with Gasteiger partial charge in [-0.3, -0.25) is 14.5 Å². The van der Waals surface area contributed by atoms with Crippen LogP contribution < -0.4 is 9.80 Å². The minimum Gasteiger partial charge on any atom is -0.508 e. The van der Waals surface area contributed by atoms with E-state index in [0.29, 0.717) is 11.6 Å². The van der Waals surface area contributed by atoms with Crippen molar-refractivity contribution in [2.45, 2.75) is 50.4 Å². The Morgan fingerprint density at radius 2 is 1.79 bits per heavy atom. The molecule has 150 valence electrons. The number of benzene rings is 2. The summed E-state index contributed by atoms with van der Waals surface area (Å²) < 4.78 is 0. The first-order chi connectivity index (χ1) is 13.7. The number of anilines is 2. The molecule has 2 aromatic rings. The topological polar surface area (TPSA) is 60.9 Å². The zero-order valence-corrected chi connectivity index (χ0v) is 17.8. The lowest BCUT2D eigenvalue weighted by Gasteiger charge is -2.44. The van der Waals surface area contributed by atoms with Gasteiger partial charge in [-0.1, -0.05) is 24.6 Å². The molecule has 0 aromatic heterocycles. The molecular formula is C23H24N2O3S. The van der Waals surface area contributed by atoms with Crippen molar-refractivity contribution in [1.29, 1.82) is 0 Å². The summed E-state index contributed by atoms with van der Waals surface area (Å²) in [5.74, 6) is 0.587. The number of aryl methyl sites for hydroxylation is 1. The average molecular weight is 409 g/mol. The Labute approximate surface area is 174 Å². The summed E-state index contributed by atoms with van der Waals surface area (Å²) in [5.41, 5.74) is 4.49. The largest absolute Gasteiger partial charge is 0.508 e. The van der Waals surface area contributed by atoms with Crippen LogP contribution in [0.1, 0.15) is 49.8 Å². The molecule has 2 atom stereocenters. The lowest BCUT2D eigenvalue weighted by atomic mass is 9.80. The van der Waals surface area contributed by atoms with E-state index in [9.17, 15) is 14.7 Å². The third kappa shape index (κ3) is 2.29. The van der Waals surface area contributed by atoms with Gasteiger partial charge in [-0.05, 0) is 62.9 Å². The van der Waals surface area contributed by atoms with Gasteiger partial charge in [-0.2, -0.15) is 0 Å². The number of carbonyl (C=O) groups is 2. The van der Waals surface area contributed by atoms with E-state index in [1.54, 1.807) is 29.2 Å². The summed E-state index contributed by atoms with van der Waals surface area (Å²) in [5, 5.41) is 9.71. The Morgan fingerprint density at radius 1 is 1.10 bits per heavy atom. The zero-order valence-electron chi connectivity index (χ0n) is 17.0. The Morgan fingerprint density at radius 3 is 2.48 bits per heavy atom. The molecule has 0 saturated carbocycles. The van der Waals surface area contributed by atoms with E-state index in [1.807, 2.05) is 4.90 Å². The van der Waals surface area contributed by atoms with Crippen molar-refractivity contribution >= 4 is 35.0 Å². The molecule has 2 amide bonds. The summed E-state index contributed by atoms with van der Waals surface area (Å²) in [4.78, 5) is 29.6. The number of carbonyl (C=O) groups excluding carboxylic acids is 2. The fourth-order valence-electron chi connectivity index (χ4n) is 5.34. The molecular weight excluding hydrogens is 384 g/mol. The van der Waals surface area contributed by atoms with Crippen molar-refractivity contribution in [3.8, 4) is 5.75 Å². The number of phenolic OH excluding ortho intramolecular Hbond substituents is 1. The highest BCUT2D eigenvalue weighted by molar-refractivity contribution is 8.02. The Bertz CT molecular complexity index is 1060. The van der Waals surface area contributed by atoms with Crippen molar-refractivity contribution in [3.63, 3.8) is 0 Å². The lowest BCUT2D eigenvalue weighted by molar-refractivity contribution is -0.124. The number of amides is 2. The second-order valence-electron chi connectivity index (χ2n) is 8.99. The van der Waals surface area contributed by atoms with Gasteiger partial charge in [0.05, 0.1) is 11.4 Å². The van der Waals surface area contributed by atoms with Gasteiger partial charge in [0.2, 0.25) is 10.8 Å². The van der Waals surface area contributed by atoms with Crippen LogP contribution in [-0.4, -0.2) is 28.2 Å². The third-order valence-electron chi connectivity index (χ3n) is 6.38. The SMILES string of the molecule is Cc1cc2c3c(c1)[C@]1(SCC(=O)N1c1ccc(O)cc1)C(=O)N3C(C)(C)C[C@H]2C. The Kier molecular flexibility index (Phi) is 3.70. The number of phenols is 1. The Hall–Kier alpha value is -2.47. The molecule has 1 fully saturated rings. The molecule has 1 saturated heterocycles. The molecule has 3 heterocycles. The van der Waals surface area contributed by atoms with Gasteiger partial charge in [0.1, 0.15) is 5.75 Å². The molecule has 1 spiro atoms. The standard InChI is InChI=1S/C23H24N2O3S/c1-13-9-17-14(2)11-22(3,4)25-20(17)18(10-13)23(21(25)28)24(19(27)12-29-23)15-5-7-16(26)8-6-15/h5-10,14,26H,11-12H2,1-4H3/t14-,23+/m1/s1. The number of rotatable bonds is 1. The van der Waals surface area contributed by atoms with Crippen LogP contribution in [0.2, 0.25) is 0 Å². The highest BCUT2D eigenvalue weighted by atomic mass is 32.2. The smallest absolute Gasteiger partial charge is 0.269 e. The highest BCUT2D eigenvalue weighted by Gasteiger charge is 2.64. The van der Waals surface area contributed by atoms with E-state index in [2.05, 4.69) is 39.8 Å². The monoisotopic (exact) mass is 408 g/mol. The van der Waals surface area contributed by atoms with Gasteiger partial charge in [0.15, 0.2) is 0 Å². The van der Waals surface area contributed by atoms with Gasteiger partial charge in [0, 0.05) is 16.8 Å². The summed E-state index contributed by atoms with van der Waals surface area (Å²) in [6.07, 6.45) is 0.878. The second kappa shape index (κ2) is 5.79. The van der Waals surface area contributed by atoms with Crippen LogP contribution in [0.25, 0.3) is 0 Å². The maximum atomic E-state index is 14.1. The molecule has 29 heavy (non-hydrogen) atoms. The summed E-state index contributed by atoms with van der Waals surface area (Å²) >= 11 is 1.41. The Balaban J connectivity index is 1.81. The molecule has 1 N–H and O–H groups in total. The average Bonchev–Trinajstić information content (AvgIpc) is 3.11. The molecule has 5 nitrogen and oxygen atoms in total. The van der Waals surface area contributed by atoms with E-state index in [4.69, 9.17) is 0 Å². The maximum absolute atomic E-state index is 14.1. The van der Waals surface area contributed by atoms with Crippen LogP contribution in [0.4, 0.5) is 11.4 Å². The number of thioether (sulfide) groups is 1. The lowest BCUT2D eigenvalue weighted by Crippen LogP contribution is -2.56. The van der Waals surface area contributed by atoms with Crippen molar-refractivity contribution < 1.29 is 14.7 Å². The van der Waals surface area contributed by atoms with Crippen molar-refractivity contribution in [2.75, 3.05) is 15.6 Å². The molecule has 3 aliphatic heterocycles. The molecule has 2 aromatic carbocycles. The highest BCUT2D eigenvalue weighted by Crippen LogP contribution is 2.61. The van der Waals surface area contributed by atoms with Crippen LogP contribution in [-0.2, 0) is 14.5 Å². The summed E-state index contributed by atoms with van der Waals surface area (Å²) in [6.45, 7) is 8.49. The molecule has 6 heteroatoms. The van der Waals surface area contributed by atoms with Crippen LogP contribution in [0.15, 0.2) is 36.4 Å². The number of hydrogen-bond donors (Lipinski definition) is 1. The predicted molar refractivity (Wildman–Crippen MR) is 116 cm³/mol. The van der Waals surface area contributed by atoms with E-state index in [1.165, 1.54) is 17.3 Å². The van der Waals surface area contributed by atoms with Crippen molar-refractivity contribution in [3.05, 3.63) is 53.1 Å². The quantitative estimate of drug-likeness (QED) is 0.766. The van der Waals surface area contributed by atoms with Gasteiger partial charge in [-0.15, -0.1) is 11.8 Å². The van der Waals surface area contributed by atoms with Crippen LogP contribution >= 0.6 is 11.8 Å². The number of nitrogens with zero attached hydrogens (tertiary/aromatic N) is 2. The molecule has 5 rings (SSSR count). The minimum absolute atomic E-state index is 0.0415. The van der Waals surface area contributed by atoms with Gasteiger partial charge >= 0.3 is 0 Å². The number of fused-ring (bicyclic) bond motifs is 1. The van der Waals surface area contributed by atoms with Crippen LogP contribution in [0, 0.1) is 6.92 Å². The van der Waals surface area contributed by atoms with E-state index >= 15 is 0 Å². The number of aromatic hydroxyl groups is 1. The van der Waals surface area contributed by atoms with Gasteiger partial charge in [-0.25, -0.2) is 0 Å². The second-order valence-corrected chi connectivity index (χ2v) is 10.2. The number of hydrogen-bond acceptors (Lipinski definition) is 4. The molecule has 3 aliphatic rings. The molecule has 0 unspecified atom stereocenters. The van der Waals surface area contributed by atoms with E-state index in [0.717, 1.165) is 23.2 Å². The first kappa shape index (κ1) is 18.6. The predicted octanol–water partition coefficient (Wildman–Crippen LogP) is 4.27. The van der Waals surface area contributed by atoms with E-state index < -0.39 is 4.87 Å². The first-order valence-corrected chi connectivity index (χ1v) is 10.9. The molecule has 0 bridgehead atoms. The van der Waals surface area contributed by atoms with Crippen molar-refractivity contribution in [1.82, 2.24) is 0 Å². The normalized spacial score (nSPS) is 27.1. The summed E-state index contributed by atoms with van der Waals surface area (Å²) in [6, 6.07) is 10.8. The summed E-state index contributed by atoms with van der Waals surface area (Å²) in [7, 11) is 0. The third-order valence-corrected chi connectivity index (χ3v) is 7.77. The molecule has 0 radical (unpaired) electrons. The first-order valence-electron chi connectivity index (χ1n) is 9.92. The van der Waals surface area contributed by atoms with Crippen molar-refractivity contribution in [2.24, 2.45) is 0 Å². The van der Waals surface area contributed by atoms with Crippen LogP contribution in [0.3, 0.4) is 0 Å². The maximum Gasteiger partial charge on any atom is 0.269 e. The zero-order chi connectivity index (χ0) is 20.7. The fourth-order valence-corrected chi connectivity index (χ4v) is 6.66. The van der Waals surface area contributed by atoms with Crippen LogP contribution in [0.5, 0.6) is 5.75 Å². The van der Waals surface area contributed by atoms with Gasteiger partial charge < -0.3 is 10.0 Å². The minimum atomic E-state index is -1.09. The fraction of sp³-hybridized carbons (Fsp3) is 0.391. The van der Waals surface area contributed by atoms with E-state index in [-0.39, 0.29) is 28.9 Å².